The van der Waals surface area contributed by atoms with E-state index in [4.69, 9.17) is 0 Å². The third-order valence-electron chi connectivity index (χ3n) is 6.44. The second kappa shape index (κ2) is 6.90. The summed E-state index contributed by atoms with van der Waals surface area (Å²) in [6, 6.07) is 0.231. The van der Waals surface area contributed by atoms with Crippen LogP contribution in [0.5, 0.6) is 0 Å². The first-order valence-corrected chi connectivity index (χ1v) is 9.42. The fourth-order valence-corrected chi connectivity index (χ4v) is 4.90. The molecular weight excluding hydrogens is 306 g/mol. The number of carboxylic acids is 1. The number of likely N-dealkylation sites (tertiary alicyclic amines) is 2. The van der Waals surface area contributed by atoms with Gasteiger partial charge in [-0.2, -0.15) is 0 Å². The van der Waals surface area contributed by atoms with Crippen molar-refractivity contribution >= 4 is 12.0 Å². The third-order valence-corrected chi connectivity index (χ3v) is 6.44. The number of piperidine rings is 1. The van der Waals surface area contributed by atoms with Gasteiger partial charge in [0.2, 0.25) is 0 Å². The lowest BCUT2D eigenvalue weighted by Gasteiger charge is -2.35. The van der Waals surface area contributed by atoms with Crippen LogP contribution >= 0.6 is 0 Å². The van der Waals surface area contributed by atoms with Crippen LogP contribution in [0.15, 0.2) is 0 Å². The Labute approximate surface area is 144 Å². The monoisotopic (exact) mass is 337 g/mol. The zero-order valence-electron chi connectivity index (χ0n) is 15.0. The van der Waals surface area contributed by atoms with Gasteiger partial charge in [-0.15, -0.1) is 0 Å². The molecule has 1 aliphatic carbocycles. The predicted molar refractivity (Wildman–Crippen MR) is 91.8 cm³/mol. The van der Waals surface area contributed by atoms with Crippen molar-refractivity contribution in [2.24, 2.45) is 17.3 Å². The van der Waals surface area contributed by atoms with Crippen LogP contribution in [0.25, 0.3) is 0 Å². The zero-order valence-corrected chi connectivity index (χ0v) is 15.0. The van der Waals surface area contributed by atoms with E-state index in [-0.39, 0.29) is 11.9 Å². The van der Waals surface area contributed by atoms with Crippen LogP contribution in [0.1, 0.15) is 46.0 Å². The Morgan fingerprint density at radius 1 is 1.29 bits per heavy atom. The van der Waals surface area contributed by atoms with E-state index in [1.54, 1.807) is 4.90 Å². The van der Waals surface area contributed by atoms with Crippen molar-refractivity contribution in [3.05, 3.63) is 0 Å². The van der Waals surface area contributed by atoms with Crippen LogP contribution in [0, 0.1) is 17.3 Å². The molecule has 4 atom stereocenters. The molecule has 2 aliphatic heterocycles. The molecule has 136 valence electrons. The average Bonchev–Trinajstić information content (AvgIpc) is 3.10. The van der Waals surface area contributed by atoms with Crippen molar-refractivity contribution in [2.75, 3.05) is 32.7 Å². The number of amides is 2. The number of urea groups is 1. The number of carboxylic acid groups (broad SMARTS) is 1. The smallest absolute Gasteiger partial charge is 0.317 e. The second-order valence-corrected chi connectivity index (χ2v) is 8.21. The summed E-state index contributed by atoms with van der Waals surface area (Å²) in [5.74, 6) is 0.127. The number of carbonyl (C=O) groups excluding carboxylic acids is 1. The Bertz CT molecular complexity index is 498. The second-order valence-electron chi connectivity index (χ2n) is 8.21. The number of rotatable bonds is 4. The van der Waals surface area contributed by atoms with Crippen LogP contribution in [-0.4, -0.2) is 65.7 Å². The van der Waals surface area contributed by atoms with Gasteiger partial charge in [0.15, 0.2) is 0 Å². The Balaban J connectivity index is 1.50. The molecule has 0 bridgehead atoms. The summed E-state index contributed by atoms with van der Waals surface area (Å²) in [6.45, 7) is 8.25. The van der Waals surface area contributed by atoms with E-state index in [9.17, 15) is 14.7 Å². The number of hydrogen-bond acceptors (Lipinski definition) is 3. The van der Waals surface area contributed by atoms with Gasteiger partial charge in [-0.3, -0.25) is 9.69 Å². The van der Waals surface area contributed by atoms with Gasteiger partial charge in [-0.05, 0) is 51.0 Å². The standard InChI is InChI=1S/C18H31N3O3/c1-13-5-4-8-20(10-13)14(2)9-19-17(24)21-11-15-6-3-7-18(15,12-21)16(22)23/h13-15H,3-12H2,1-2H3,(H,19,24)(H,22,23)/t13?,14?,15-,18+/m0/s1. The first-order valence-electron chi connectivity index (χ1n) is 9.42. The summed E-state index contributed by atoms with van der Waals surface area (Å²) in [7, 11) is 0. The maximum absolute atomic E-state index is 12.5. The molecule has 0 aromatic rings. The number of nitrogens with zero attached hydrogens (tertiary/aromatic N) is 2. The normalized spacial score (nSPS) is 34.8. The van der Waals surface area contributed by atoms with Gasteiger partial charge in [0, 0.05) is 32.2 Å². The van der Waals surface area contributed by atoms with Gasteiger partial charge in [0.05, 0.1) is 5.41 Å². The van der Waals surface area contributed by atoms with Crippen LogP contribution in [0.4, 0.5) is 4.79 Å². The Morgan fingerprint density at radius 3 is 2.75 bits per heavy atom. The highest BCUT2D eigenvalue weighted by Gasteiger charge is 2.55. The summed E-state index contributed by atoms with van der Waals surface area (Å²) < 4.78 is 0. The number of carbonyl (C=O) groups is 2. The molecule has 2 amide bonds. The van der Waals surface area contributed by atoms with Crippen LogP contribution in [-0.2, 0) is 4.79 Å². The summed E-state index contributed by atoms with van der Waals surface area (Å²) in [4.78, 5) is 28.4. The lowest BCUT2D eigenvalue weighted by Crippen LogP contribution is -2.49. The number of nitrogens with one attached hydrogen (secondary N) is 1. The van der Waals surface area contributed by atoms with Crippen molar-refractivity contribution in [3.8, 4) is 0 Å². The van der Waals surface area contributed by atoms with E-state index in [2.05, 4.69) is 24.1 Å². The maximum Gasteiger partial charge on any atom is 0.317 e. The largest absolute Gasteiger partial charge is 0.481 e. The fraction of sp³-hybridized carbons (Fsp3) is 0.889. The molecule has 0 aromatic heterocycles. The molecule has 3 rings (SSSR count). The zero-order chi connectivity index (χ0) is 17.3. The summed E-state index contributed by atoms with van der Waals surface area (Å²) >= 11 is 0. The number of hydrogen-bond donors (Lipinski definition) is 2. The van der Waals surface area contributed by atoms with E-state index in [0.29, 0.717) is 32.1 Å². The van der Waals surface area contributed by atoms with Crippen LogP contribution < -0.4 is 5.32 Å². The van der Waals surface area contributed by atoms with Crippen molar-refractivity contribution in [2.45, 2.75) is 52.0 Å². The first kappa shape index (κ1) is 17.5. The van der Waals surface area contributed by atoms with Gasteiger partial charge >= 0.3 is 12.0 Å². The summed E-state index contributed by atoms with van der Waals surface area (Å²) in [5, 5.41) is 12.7. The van der Waals surface area contributed by atoms with Gasteiger partial charge in [0.1, 0.15) is 0 Å². The maximum atomic E-state index is 12.5. The molecule has 2 N–H and O–H groups in total. The first-order chi connectivity index (χ1) is 11.4. The Kier molecular flexibility index (Phi) is 5.04. The molecule has 6 heteroatoms. The van der Waals surface area contributed by atoms with Crippen molar-refractivity contribution < 1.29 is 14.7 Å². The number of fused-ring (bicyclic) bond motifs is 1. The van der Waals surface area contributed by atoms with Gasteiger partial charge in [-0.1, -0.05) is 13.3 Å². The molecule has 3 aliphatic rings. The molecular formula is C18H31N3O3. The molecule has 6 nitrogen and oxygen atoms in total. The molecule has 3 fully saturated rings. The van der Waals surface area contributed by atoms with Gasteiger partial charge in [0.25, 0.3) is 0 Å². The third kappa shape index (κ3) is 3.25. The summed E-state index contributed by atoms with van der Waals surface area (Å²) in [5.41, 5.74) is -0.689. The molecule has 0 aromatic carbocycles. The van der Waals surface area contributed by atoms with Crippen molar-refractivity contribution in [1.29, 1.82) is 0 Å². The van der Waals surface area contributed by atoms with Crippen molar-refractivity contribution in [1.82, 2.24) is 15.1 Å². The number of aliphatic carboxylic acids is 1. The van der Waals surface area contributed by atoms with E-state index < -0.39 is 11.4 Å². The highest BCUT2D eigenvalue weighted by atomic mass is 16.4. The highest BCUT2D eigenvalue weighted by Crippen LogP contribution is 2.48. The molecule has 0 radical (unpaired) electrons. The topological polar surface area (TPSA) is 72.9 Å². The predicted octanol–water partition coefficient (Wildman–Crippen LogP) is 2.00. The summed E-state index contributed by atoms with van der Waals surface area (Å²) in [6.07, 6.45) is 5.13. The Hall–Kier alpha value is -1.30. The lowest BCUT2D eigenvalue weighted by atomic mass is 9.81. The van der Waals surface area contributed by atoms with Gasteiger partial charge < -0.3 is 15.3 Å². The molecule has 24 heavy (non-hydrogen) atoms. The minimum Gasteiger partial charge on any atom is -0.481 e. The molecule has 0 spiro atoms. The van der Waals surface area contributed by atoms with Crippen molar-refractivity contribution in [3.63, 3.8) is 0 Å². The fourth-order valence-electron chi connectivity index (χ4n) is 4.90. The minimum absolute atomic E-state index is 0.0954. The SMILES string of the molecule is CC1CCCN(C(C)CNC(=O)N2C[C@@H]3CCC[C@@]3(C(=O)O)C2)C1. The van der Waals surface area contributed by atoms with Gasteiger partial charge in [-0.25, -0.2) is 4.79 Å². The van der Waals surface area contributed by atoms with E-state index in [1.807, 2.05) is 0 Å². The van der Waals surface area contributed by atoms with E-state index >= 15 is 0 Å². The Morgan fingerprint density at radius 2 is 2.08 bits per heavy atom. The lowest BCUT2D eigenvalue weighted by molar-refractivity contribution is -0.149. The quantitative estimate of drug-likeness (QED) is 0.823. The van der Waals surface area contributed by atoms with E-state index in [1.165, 1.54) is 12.8 Å². The molecule has 2 heterocycles. The van der Waals surface area contributed by atoms with Crippen LogP contribution in [0.2, 0.25) is 0 Å². The molecule has 2 unspecified atom stereocenters. The molecule has 2 saturated heterocycles. The molecule has 1 saturated carbocycles. The average molecular weight is 337 g/mol. The minimum atomic E-state index is -0.726. The highest BCUT2D eigenvalue weighted by molar-refractivity contribution is 5.80. The van der Waals surface area contributed by atoms with E-state index in [0.717, 1.165) is 31.8 Å². The van der Waals surface area contributed by atoms with Crippen LogP contribution in [0.3, 0.4) is 0 Å².